The van der Waals surface area contributed by atoms with Crippen LogP contribution in [0.4, 0.5) is 5.69 Å². The molecule has 1 radical (unpaired) electrons. The first kappa shape index (κ1) is 10.4. The monoisotopic (exact) mass is 242 g/mol. The molecular formula is C9H13AsNO2. The first-order chi connectivity index (χ1) is 6.13. The van der Waals surface area contributed by atoms with Crippen molar-refractivity contribution in [3.05, 3.63) is 18.2 Å². The summed E-state index contributed by atoms with van der Waals surface area (Å²) in [7, 11) is 1.59. The van der Waals surface area contributed by atoms with Crippen molar-refractivity contribution in [3.8, 4) is 5.75 Å². The molecule has 0 heterocycles. The van der Waals surface area contributed by atoms with Crippen LogP contribution < -0.4 is 14.8 Å². The van der Waals surface area contributed by atoms with Crippen LogP contribution in [0.3, 0.4) is 0 Å². The van der Waals surface area contributed by atoms with Crippen LogP contribution in [-0.2, 0) is 0 Å². The predicted molar refractivity (Wildman–Crippen MR) is 54.5 cm³/mol. The van der Waals surface area contributed by atoms with Crippen LogP contribution in [0.15, 0.2) is 18.2 Å². The molecule has 0 spiro atoms. The molecule has 0 saturated heterocycles. The molecular weight excluding hydrogens is 229 g/mol. The van der Waals surface area contributed by atoms with Crippen LogP contribution in [-0.4, -0.2) is 32.9 Å². The van der Waals surface area contributed by atoms with E-state index in [1.165, 1.54) is 0 Å². The number of hydrogen-bond donors (Lipinski definition) is 2. The summed E-state index contributed by atoms with van der Waals surface area (Å²) in [6.07, 6.45) is 0. The Morgan fingerprint density at radius 1 is 1.54 bits per heavy atom. The molecule has 13 heavy (non-hydrogen) atoms. The van der Waals surface area contributed by atoms with E-state index in [2.05, 4.69) is 0 Å². The first-order valence-electron chi connectivity index (χ1n) is 3.96. The van der Waals surface area contributed by atoms with Crippen molar-refractivity contribution >= 4 is 25.8 Å². The molecule has 3 nitrogen and oxygen atoms in total. The Morgan fingerprint density at radius 3 is 2.69 bits per heavy atom. The summed E-state index contributed by atoms with van der Waals surface area (Å²) >= 11 is -0.205. The minimum absolute atomic E-state index is 0.205. The van der Waals surface area contributed by atoms with Crippen LogP contribution >= 0.6 is 0 Å². The number of nitrogens with two attached hydrogens (primary N) is 1. The topological polar surface area (TPSA) is 55.5 Å². The van der Waals surface area contributed by atoms with Gasteiger partial charge in [0.25, 0.3) is 0 Å². The molecule has 1 aromatic rings. The maximum atomic E-state index is 9.19. The number of ether oxygens (including phenoxy) is 1. The van der Waals surface area contributed by atoms with Crippen molar-refractivity contribution in [3.63, 3.8) is 0 Å². The first-order valence-corrected chi connectivity index (χ1v) is 5.98. The minimum atomic E-state index is -0.246. The molecule has 0 aliphatic carbocycles. The van der Waals surface area contributed by atoms with Crippen molar-refractivity contribution < 1.29 is 9.84 Å². The van der Waals surface area contributed by atoms with Crippen molar-refractivity contribution in [2.24, 2.45) is 0 Å². The Labute approximate surface area is 84.6 Å². The molecule has 0 aliphatic rings. The van der Waals surface area contributed by atoms with Gasteiger partial charge in [-0.15, -0.1) is 0 Å². The van der Waals surface area contributed by atoms with Crippen LogP contribution in [0.25, 0.3) is 0 Å². The Hall–Kier alpha value is -0.662. The van der Waals surface area contributed by atoms with Crippen molar-refractivity contribution in [1.82, 2.24) is 0 Å². The zero-order valence-electron chi connectivity index (χ0n) is 7.69. The standard InChI is InChI=1S/C9H13AsNO2/c1-6(12)10-7-3-4-9(13-2)8(11)5-7/h3-6,12H,11H2,1-2H3. The summed E-state index contributed by atoms with van der Waals surface area (Å²) in [5, 5.41) is 9.19. The molecule has 1 aromatic carbocycles. The second kappa shape index (κ2) is 4.54. The molecule has 4 heteroatoms. The van der Waals surface area contributed by atoms with Gasteiger partial charge in [-0.1, -0.05) is 0 Å². The van der Waals surface area contributed by atoms with Crippen LogP contribution in [0, 0.1) is 0 Å². The molecule has 1 atom stereocenters. The molecule has 1 rings (SSSR count). The summed E-state index contributed by atoms with van der Waals surface area (Å²) in [6.45, 7) is 1.79. The number of benzene rings is 1. The molecule has 0 saturated carbocycles. The van der Waals surface area contributed by atoms with E-state index in [9.17, 15) is 5.11 Å². The number of methoxy groups -OCH3 is 1. The summed E-state index contributed by atoms with van der Waals surface area (Å²) in [5.74, 6) is 0.690. The van der Waals surface area contributed by atoms with E-state index < -0.39 is 0 Å². The number of aliphatic hydroxyl groups is 1. The van der Waals surface area contributed by atoms with Gasteiger partial charge in [0.1, 0.15) is 0 Å². The maximum absolute atomic E-state index is 9.19. The summed E-state index contributed by atoms with van der Waals surface area (Å²) < 4.78 is 6.14. The van der Waals surface area contributed by atoms with Gasteiger partial charge in [-0.05, 0) is 0 Å². The third-order valence-corrected chi connectivity index (χ3v) is 3.54. The quantitative estimate of drug-likeness (QED) is 0.577. The summed E-state index contributed by atoms with van der Waals surface area (Å²) in [6, 6.07) is 5.65. The second-order valence-corrected chi connectivity index (χ2v) is 5.88. The van der Waals surface area contributed by atoms with Crippen LogP contribution in [0.5, 0.6) is 5.75 Å². The Morgan fingerprint density at radius 2 is 2.23 bits per heavy atom. The summed E-state index contributed by atoms with van der Waals surface area (Å²) in [5.41, 5.74) is 6.35. The molecule has 71 valence electrons. The van der Waals surface area contributed by atoms with E-state index in [0.29, 0.717) is 11.4 Å². The second-order valence-electron chi connectivity index (χ2n) is 2.69. The van der Waals surface area contributed by atoms with E-state index in [0.717, 1.165) is 4.35 Å². The van der Waals surface area contributed by atoms with Crippen molar-refractivity contribution in [2.75, 3.05) is 12.8 Å². The van der Waals surface area contributed by atoms with Gasteiger partial charge in [-0.25, -0.2) is 0 Å². The number of anilines is 1. The van der Waals surface area contributed by atoms with Gasteiger partial charge >= 0.3 is 84.2 Å². The van der Waals surface area contributed by atoms with Gasteiger partial charge in [0.2, 0.25) is 0 Å². The average Bonchev–Trinajstić information content (AvgIpc) is 2.03. The summed E-state index contributed by atoms with van der Waals surface area (Å²) in [4.78, 5) is -0.246. The van der Waals surface area contributed by atoms with E-state index >= 15 is 0 Å². The van der Waals surface area contributed by atoms with E-state index in [4.69, 9.17) is 10.5 Å². The molecule has 1 unspecified atom stereocenters. The van der Waals surface area contributed by atoms with Gasteiger partial charge in [0.05, 0.1) is 0 Å². The zero-order valence-corrected chi connectivity index (χ0v) is 9.57. The number of nitrogen functional groups attached to an aromatic ring is 1. The SMILES string of the molecule is COc1ccc([As]C(C)O)cc1N. The molecule has 3 N–H and O–H groups in total. The fraction of sp³-hybridized carbons (Fsp3) is 0.333. The predicted octanol–water partition coefficient (Wildman–Crippen LogP) is -0.0548. The zero-order chi connectivity index (χ0) is 9.84. The number of rotatable bonds is 3. The Balaban J connectivity index is 2.83. The molecule has 0 bridgehead atoms. The fourth-order valence-electron chi connectivity index (χ4n) is 1.02. The average molecular weight is 242 g/mol. The van der Waals surface area contributed by atoms with E-state index in [-0.39, 0.29) is 20.6 Å². The third kappa shape index (κ3) is 2.94. The van der Waals surface area contributed by atoms with Crippen molar-refractivity contribution in [2.45, 2.75) is 11.8 Å². The molecule has 0 amide bonds. The molecule has 0 aromatic heterocycles. The molecule has 0 aliphatic heterocycles. The van der Waals surface area contributed by atoms with E-state index in [1.807, 2.05) is 18.2 Å². The van der Waals surface area contributed by atoms with Gasteiger partial charge in [-0.3, -0.25) is 0 Å². The van der Waals surface area contributed by atoms with Gasteiger partial charge in [0.15, 0.2) is 0 Å². The number of aliphatic hydroxyl groups excluding tert-OH is 1. The third-order valence-electron chi connectivity index (χ3n) is 1.55. The fourth-order valence-corrected chi connectivity index (χ4v) is 2.71. The van der Waals surface area contributed by atoms with Crippen LogP contribution in [0.1, 0.15) is 6.92 Å². The Kier molecular flexibility index (Phi) is 3.64. The van der Waals surface area contributed by atoms with E-state index in [1.54, 1.807) is 14.0 Å². The number of hydrogen-bond acceptors (Lipinski definition) is 3. The van der Waals surface area contributed by atoms with Crippen molar-refractivity contribution in [1.29, 1.82) is 0 Å². The molecule has 0 fully saturated rings. The van der Waals surface area contributed by atoms with Gasteiger partial charge in [0, 0.05) is 0 Å². The van der Waals surface area contributed by atoms with Crippen LogP contribution in [0.2, 0.25) is 0 Å². The van der Waals surface area contributed by atoms with Gasteiger partial charge in [-0.2, -0.15) is 0 Å². The van der Waals surface area contributed by atoms with Gasteiger partial charge < -0.3 is 0 Å². The normalized spacial score (nSPS) is 13.5. The Bertz CT molecular complexity index is 289.